The standard InChI is InChI=1S/C13H16N2O5/c16-13(17)10-5-3-6-11(12(10)15(18)19)14-8-9-4-1-2-7-20-9/h3,5-6,9,14H,1-2,4,7-8H2,(H,16,17). The maximum absolute atomic E-state index is 11.1. The molecule has 1 heterocycles. The molecule has 1 aromatic rings. The van der Waals surface area contributed by atoms with Crippen LogP contribution in [0, 0.1) is 10.1 Å². The number of hydrogen-bond acceptors (Lipinski definition) is 5. The van der Waals surface area contributed by atoms with Crippen LogP contribution in [-0.2, 0) is 4.74 Å². The van der Waals surface area contributed by atoms with Gasteiger partial charge in [0.25, 0.3) is 0 Å². The predicted molar refractivity (Wildman–Crippen MR) is 72.1 cm³/mol. The molecule has 2 rings (SSSR count). The van der Waals surface area contributed by atoms with Gasteiger partial charge in [0, 0.05) is 13.2 Å². The molecule has 108 valence electrons. The average Bonchev–Trinajstić information content (AvgIpc) is 2.45. The highest BCUT2D eigenvalue weighted by atomic mass is 16.6. The summed E-state index contributed by atoms with van der Waals surface area (Å²) in [6.45, 7) is 1.13. The number of carboxylic acid groups (broad SMARTS) is 1. The average molecular weight is 280 g/mol. The molecule has 0 saturated carbocycles. The highest BCUT2D eigenvalue weighted by Gasteiger charge is 2.24. The number of carbonyl (C=O) groups is 1. The fourth-order valence-corrected chi connectivity index (χ4v) is 2.25. The third kappa shape index (κ3) is 3.24. The van der Waals surface area contributed by atoms with Gasteiger partial charge >= 0.3 is 11.7 Å². The Morgan fingerprint density at radius 1 is 1.50 bits per heavy atom. The zero-order valence-electron chi connectivity index (χ0n) is 10.9. The molecule has 0 aromatic heterocycles. The lowest BCUT2D eigenvalue weighted by molar-refractivity contribution is -0.384. The number of nitro benzene ring substituents is 1. The number of aromatic carboxylic acids is 1. The highest BCUT2D eigenvalue weighted by molar-refractivity contribution is 5.95. The summed E-state index contributed by atoms with van der Waals surface area (Å²) in [6, 6.07) is 4.22. The first-order chi connectivity index (χ1) is 9.59. The van der Waals surface area contributed by atoms with Crippen molar-refractivity contribution in [2.75, 3.05) is 18.5 Å². The molecule has 7 nitrogen and oxygen atoms in total. The van der Waals surface area contributed by atoms with Crippen molar-refractivity contribution in [3.05, 3.63) is 33.9 Å². The molecule has 7 heteroatoms. The zero-order valence-corrected chi connectivity index (χ0v) is 10.9. The van der Waals surface area contributed by atoms with Crippen LogP contribution in [0.25, 0.3) is 0 Å². The van der Waals surface area contributed by atoms with Crippen LogP contribution in [0.2, 0.25) is 0 Å². The van der Waals surface area contributed by atoms with E-state index in [-0.39, 0.29) is 17.4 Å². The van der Waals surface area contributed by atoms with E-state index >= 15 is 0 Å². The first kappa shape index (κ1) is 14.3. The van der Waals surface area contributed by atoms with Crippen molar-refractivity contribution in [1.29, 1.82) is 0 Å². The highest BCUT2D eigenvalue weighted by Crippen LogP contribution is 2.29. The second-order valence-corrected chi connectivity index (χ2v) is 4.63. The molecule has 2 N–H and O–H groups in total. The normalized spacial score (nSPS) is 18.5. The molecule has 1 unspecified atom stereocenters. The van der Waals surface area contributed by atoms with E-state index in [0.717, 1.165) is 19.3 Å². The topological polar surface area (TPSA) is 102 Å². The van der Waals surface area contributed by atoms with Crippen LogP contribution in [0.1, 0.15) is 29.6 Å². The van der Waals surface area contributed by atoms with Crippen molar-refractivity contribution in [3.8, 4) is 0 Å². The van der Waals surface area contributed by atoms with Crippen LogP contribution in [0.5, 0.6) is 0 Å². The molecule has 0 spiro atoms. The van der Waals surface area contributed by atoms with Gasteiger partial charge in [-0.1, -0.05) is 6.07 Å². The minimum absolute atomic E-state index is 0.0110. The van der Waals surface area contributed by atoms with Gasteiger partial charge in [-0.25, -0.2) is 4.79 Å². The monoisotopic (exact) mass is 280 g/mol. The van der Waals surface area contributed by atoms with Gasteiger partial charge in [-0.15, -0.1) is 0 Å². The Balaban J connectivity index is 2.16. The number of carboxylic acids is 1. The van der Waals surface area contributed by atoms with E-state index in [1.54, 1.807) is 0 Å². The van der Waals surface area contributed by atoms with Gasteiger partial charge in [0.15, 0.2) is 0 Å². The Hall–Kier alpha value is -2.15. The fourth-order valence-electron chi connectivity index (χ4n) is 2.25. The largest absolute Gasteiger partial charge is 0.477 e. The van der Waals surface area contributed by atoms with E-state index in [1.165, 1.54) is 18.2 Å². The molecule has 0 bridgehead atoms. The Kier molecular flexibility index (Phi) is 4.52. The lowest BCUT2D eigenvalue weighted by Crippen LogP contribution is -2.27. The number of ether oxygens (including phenoxy) is 1. The molecule has 0 amide bonds. The molecule has 1 aliphatic rings. The van der Waals surface area contributed by atoms with E-state index in [4.69, 9.17) is 9.84 Å². The van der Waals surface area contributed by atoms with Crippen LogP contribution in [0.3, 0.4) is 0 Å². The molecule has 0 radical (unpaired) electrons. The number of nitrogens with zero attached hydrogens (tertiary/aromatic N) is 1. The molecule has 1 aromatic carbocycles. The van der Waals surface area contributed by atoms with Gasteiger partial charge in [-0.2, -0.15) is 0 Å². The summed E-state index contributed by atoms with van der Waals surface area (Å²) in [5.41, 5.74) is -0.510. The third-order valence-corrected chi connectivity index (χ3v) is 3.24. The molecule has 1 aliphatic heterocycles. The van der Waals surface area contributed by atoms with Gasteiger partial charge in [-0.3, -0.25) is 10.1 Å². The Labute approximate surface area is 115 Å². The van der Waals surface area contributed by atoms with Gasteiger partial charge in [0.1, 0.15) is 11.3 Å². The van der Waals surface area contributed by atoms with Crippen molar-refractivity contribution in [1.82, 2.24) is 0 Å². The molecular weight excluding hydrogens is 264 g/mol. The molecule has 20 heavy (non-hydrogen) atoms. The van der Waals surface area contributed by atoms with Crippen LogP contribution >= 0.6 is 0 Å². The summed E-state index contributed by atoms with van der Waals surface area (Å²) >= 11 is 0. The molecular formula is C13H16N2O5. The molecule has 1 atom stereocenters. The van der Waals surface area contributed by atoms with Crippen molar-refractivity contribution >= 4 is 17.3 Å². The van der Waals surface area contributed by atoms with Crippen LogP contribution < -0.4 is 5.32 Å². The van der Waals surface area contributed by atoms with Gasteiger partial charge in [-0.05, 0) is 31.4 Å². The van der Waals surface area contributed by atoms with Gasteiger partial charge in [0.2, 0.25) is 0 Å². The number of para-hydroxylation sites is 1. The lowest BCUT2D eigenvalue weighted by atomic mass is 10.1. The maximum atomic E-state index is 11.1. The first-order valence-corrected chi connectivity index (χ1v) is 6.45. The van der Waals surface area contributed by atoms with E-state index in [0.29, 0.717) is 13.2 Å². The number of nitrogens with one attached hydrogen (secondary N) is 1. The van der Waals surface area contributed by atoms with Gasteiger partial charge in [0.05, 0.1) is 11.0 Å². The summed E-state index contributed by atoms with van der Waals surface area (Å²) < 4.78 is 5.53. The first-order valence-electron chi connectivity index (χ1n) is 6.45. The third-order valence-electron chi connectivity index (χ3n) is 3.24. The number of hydrogen-bond donors (Lipinski definition) is 2. The Morgan fingerprint density at radius 2 is 2.30 bits per heavy atom. The number of benzene rings is 1. The lowest BCUT2D eigenvalue weighted by Gasteiger charge is -2.23. The summed E-state index contributed by atoms with van der Waals surface area (Å²) in [5, 5.41) is 23.0. The van der Waals surface area contributed by atoms with E-state index in [1.807, 2.05) is 0 Å². The number of anilines is 1. The van der Waals surface area contributed by atoms with E-state index in [2.05, 4.69) is 5.32 Å². The minimum atomic E-state index is -1.31. The minimum Gasteiger partial charge on any atom is -0.477 e. The second-order valence-electron chi connectivity index (χ2n) is 4.63. The van der Waals surface area contributed by atoms with Crippen LogP contribution in [0.4, 0.5) is 11.4 Å². The Morgan fingerprint density at radius 3 is 2.90 bits per heavy atom. The Bertz CT molecular complexity index is 511. The molecule has 0 aliphatic carbocycles. The van der Waals surface area contributed by atoms with Crippen molar-refractivity contribution < 1.29 is 19.6 Å². The van der Waals surface area contributed by atoms with Crippen molar-refractivity contribution in [2.24, 2.45) is 0 Å². The SMILES string of the molecule is O=C(O)c1cccc(NCC2CCCCO2)c1[N+](=O)[O-]. The summed E-state index contributed by atoms with van der Waals surface area (Å²) in [6.07, 6.45) is 3.02. The summed E-state index contributed by atoms with van der Waals surface area (Å²) in [5.74, 6) is -1.31. The predicted octanol–water partition coefficient (Wildman–Crippen LogP) is 2.27. The van der Waals surface area contributed by atoms with Crippen molar-refractivity contribution in [3.63, 3.8) is 0 Å². The number of rotatable bonds is 5. The maximum Gasteiger partial charge on any atom is 0.342 e. The number of nitro groups is 1. The van der Waals surface area contributed by atoms with Gasteiger partial charge < -0.3 is 15.2 Å². The van der Waals surface area contributed by atoms with Crippen LogP contribution in [-0.4, -0.2) is 35.3 Å². The van der Waals surface area contributed by atoms with Crippen molar-refractivity contribution in [2.45, 2.75) is 25.4 Å². The fraction of sp³-hybridized carbons (Fsp3) is 0.462. The summed E-state index contributed by atoms with van der Waals surface area (Å²) in [7, 11) is 0. The van der Waals surface area contributed by atoms with E-state index in [9.17, 15) is 14.9 Å². The summed E-state index contributed by atoms with van der Waals surface area (Å²) in [4.78, 5) is 21.4. The molecule has 1 saturated heterocycles. The van der Waals surface area contributed by atoms with E-state index < -0.39 is 16.6 Å². The second kappa shape index (κ2) is 6.33. The molecule has 1 fully saturated rings. The smallest absolute Gasteiger partial charge is 0.342 e. The quantitative estimate of drug-likeness (QED) is 0.633. The zero-order chi connectivity index (χ0) is 14.5. The van der Waals surface area contributed by atoms with Crippen LogP contribution in [0.15, 0.2) is 18.2 Å².